The molecular formula is C14H14N2O. The van der Waals surface area contributed by atoms with E-state index in [4.69, 9.17) is 10.00 Å². The minimum absolute atomic E-state index is 0.660. The van der Waals surface area contributed by atoms with Gasteiger partial charge in [0.15, 0.2) is 6.19 Å². The fraction of sp³-hybridized carbons (Fsp3) is 0.214. The lowest BCUT2D eigenvalue weighted by Crippen LogP contribution is -2.15. The summed E-state index contributed by atoms with van der Waals surface area (Å²) in [5, 5.41) is 11.2. The highest BCUT2D eigenvalue weighted by molar-refractivity contribution is 5.98. The van der Waals surface area contributed by atoms with E-state index >= 15 is 0 Å². The van der Waals surface area contributed by atoms with Gasteiger partial charge in [-0.2, -0.15) is 5.26 Å². The molecule has 0 aliphatic heterocycles. The molecule has 0 saturated carbocycles. The van der Waals surface area contributed by atoms with E-state index in [0.717, 1.165) is 22.2 Å². The number of hydrogen-bond acceptors (Lipinski definition) is 3. The fourth-order valence-corrected chi connectivity index (χ4v) is 1.96. The third-order valence-electron chi connectivity index (χ3n) is 2.81. The number of methoxy groups -OCH3 is 1. The molecule has 0 fully saturated rings. The molecular weight excluding hydrogens is 212 g/mol. The average Bonchev–Trinajstić information content (AvgIpc) is 2.40. The van der Waals surface area contributed by atoms with E-state index in [0.29, 0.717) is 6.54 Å². The second-order valence-electron chi connectivity index (χ2n) is 3.68. The van der Waals surface area contributed by atoms with Gasteiger partial charge in [0.05, 0.1) is 12.8 Å². The molecule has 86 valence electrons. The van der Waals surface area contributed by atoms with Crippen molar-refractivity contribution in [1.82, 2.24) is 0 Å². The molecule has 3 nitrogen and oxygen atoms in total. The highest BCUT2D eigenvalue weighted by Gasteiger charge is 2.10. The van der Waals surface area contributed by atoms with Gasteiger partial charge in [0.1, 0.15) is 5.75 Å². The van der Waals surface area contributed by atoms with Crippen LogP contribution in [0.5, 0.6) is 5.75 Å². The molecule has 0 aromatic heterocycles. The summed E-state index contributed by atoms with van der Waals surface area (Å²) >= 11 is 0. The lowest BCUT2D eigenvalue weighted by Gasteiger charge is -2.17. The van der Waals surface area contributed by atoms with E-state index in [1.807, 2.05) is 43.3 Å². The second-order valence-corrected chi connectivity index (χ2v) is 3.68. The number of rotatable bonds is 3. The summed E-state index contributed by atoms with van der Waals surface area (Å²) in [6.07, 6.45) is 2.19. The van der Waals surface area contributed by atoms with E-state index in [-0.39, 0.29) is 0 Å². The van der Waals surface area contributed by atoms with Crippen molar-refractivity contribution in [2.24, 2.45) is 0 Å². The monoisotopic (exact) mass is 226 g/mol. The number of fused-ring (bicyclic) bond motifs is 1. The minimum Gasteiger partial charge on any atom is -0.496 e. The minimum atomic E-state index is 0.660. The predicted octanol–water partition coefficient (Wildman–Crippen LogP) is 3.16. The summed E-state index contributed by atoms with van der Waals surface area (Å²) in [7, 11) is 1.66. The van der Waals surface area contributed by atoms with Crippen LogP contribution in [0.25, 0.3) is 10.8 Å². The molecule has 0 saturated heterocycles. The Balaban J connectivity index is 2.71. The second kappa shape index (κ2) is 4.75. The van der Waals surface area contributed by atoms with Crippen molar-refractivity contribution in [3.05, 3.63) is 36.4 Å². The van der Waals surface area contributed by atoms with Crippen LogP contribution in [0.2, 0.25) is 0 Å². The van der Waals surface area contributed by atoms with Crippen LogP contribution in [0, 0.1) is 11.5 Å². The van der Waals surface area contributed by atoms with Gasteiger partial charge in [0, 0.05) is 17.3 Å². The fourth-order valence-electron chi connectivity index (χ4n) is 1.96. The molecule has 0 unspecified atom stereocenters. The lowest BCUT2D eigenvalue weighted by molar-refractivity contribution is 0.420. The Morgan fingerprint density at radius 1 is 1.18 bits per heavy atom. The molecule has 3 heteroatoms. The summed E-state index contributed by atoms with van der Waals surface area (Å²) in [6.45, 7) is 2.62. The molecule has 2 aromatic rings. The van der Waals surface area contributed by atoms with E-state index in [1.165, 1.54) is 0 Å². The van der Waals surface area contributed by atoms with Gasteiger partial charge in [-0.25, -0.2) is 0 Å². The first-order valence-corrected chi connectivity index (χ1v) is 5.54. The summed E-state index contributed by atoms with van der Waals surface area (Å²) in [6, 6.07) is 11.8. The highest BCUT2D eigenvalue weighted by Crippen LogP contribution is 2.33. The van der Waals surface area contributed by atoms with Gasteiger partial charge < -0.3 is 4.74 Å². The molecule has 0 heterocycles. The van der Waals surface area contributed by atoms with Gasteiger partial charge in [-0.05, 0) is 19.1 Å². The third-order valence-corrected chi connectivity index (χ3v) is 2.81. The topological polar surface area (TPSA) is 36.3 Å². The molecule has 17 heavy (non-hydrogen) atoms. The van der Waals surface area contributed by atoms with Crippen LogP contribution >= 0.6 is 0 Å². The van der Waals surface area contributed by atoms with Crippen LogP contribution in [0.4, 0.5) is 5.69 Å². The van der Waals surface area contributed by atoms with Crippen LogP contribution in [-0.4, -0.2) is 13.7 Å². The maximum absolute atomic E-state index is 9.11. The number of hydrogen-bond donors (Lipinski definition) is 0. The molecule has 2 rings (SSSR count). The van der Waals surface area contributed by atoms with E-state index in [9.17, 15) is 0 Å². The summed E-state index contributed by atoms with van der Waals surface area (Å²) in [5.41, 5.74) is 0.923. The Morgan fingerprint density at radius 3 is 2.47 bits per heavy atom. The smallest absolute Gasteiger partial charge is 0.184 e. The first kappa shape index (κ1) is 11.3. The number of nitriles is 1. The van der Waals surface area contributed by atoms with Crippen molar-refractivity contribution in [2.45, 2.75) is 6.92 Å². The van der Waals surface area contributed by atoms with Crippen molar-refractivity contribution in [2.75, 3.05) is 18.6 Å². The molecule has 0 bridgehead atoms. The maximum Gasteiger partial charge on any atom is 0.184 e. The van der Waals surface area contributed by atoms with Crippen LogP contribution < -0.4 is 9.64 Å². The Bertz CT molecular complexity index is 572. The zero-order chi connectivity index (χ0) is 12.3. The predicted molar refractivity (Wildman–Crippen MR) is 69.1 cm³/mol. The van der Waals surface area contributed by atoms with Gasteiger partial charge in [-0.1, -0.05) is 24.3 Å². The standard InChI is InChI=1S/C14H14N2O/c1-3-16(10-15)13-8-9-14(17-2)12-7-5-4-6-11(12)13/h4-9H,3H2,1-2H3. The molecule has 0 N–H and O–H groups in total. The first-order valence-electron chi connectivity index (χ1n) is 5.54. The molecule has 2 aromatic carbocycles. The molecule has 0 aliphatic rings. The van der Waals surface area contributed by atoms with E-state index in [2.05, 4.69) is 6.19 Å². The van der Waals surface area contributed by atoms with Crippen LogP contribution in [0.3, 0.4) is 0 Å². The van der Waals surface area contributed by atoms with Gasteiger partial charge in [0.25, 0.3) is 0 Å². The summed E-state index contributed by atoms with van der Waals surface area (Å²) in [5.74, 6) is 0.832. The number of anilines is 1. The van der Waals surface area contributed by atoms with Crippen molar-refractivity contribution >= 4 is 16.5 Å². The van der Waals surface area contributed by atoms with Crippen molar-refractivity contribution in [3.8, 4) is 11.9 Å². The molecule has 0 amide bonds. The van der Waals surface area contributed by atoms with Gasteiger partial charge in [-0.3, -0.25) is 4.90 Å². The Kier molecular flexibility index (Phi) is 3.15. The normalized spacial score (nSPS) is 9.94. The third kappa shape index (κ3) is 1.90. The first-order chi connectivity index (χ1) is 8.31. The maximum atomic E-state index is 9.11. The van der Waals surface area contributed by atoms with Crippen LogP contribution in [-0.2, 0) is 0 Å². The van der Waals surface area contributed by atoms with Gasteiger partial charge in [0.2, 0.25) is 0 Å². The van der Waals surface area contributed by atoms with Gasteiger partial charge in [-0.15, -0.1) is 0 Å². The summed E-state index contributed by atoms with van der Waals surface area (Å²) < 4.78 is 5.33. The summed E-state index contributed by atoms with van der Waals surface area (Å²) in [4.78, 5) is 1.67. The Labute approximate surface area is 101 Å². The number of benzene rings is 2. The number of nitrogens with zero attached hydrogens (tertiary/aromatic N) is 2. The van der Waals surface area contributed by atoms with E-state index < -0.39 is 0 Å². The highest BCUT2D eigenvalue weighted by atomic mass is 16.5. The van der Waals surface area contributed by atoms with Crippen LogP contribution in [0.15, 0.2) is 36.4 Å². The van der Waals surface area contributed by atoms with Gasteiger partial charge >= 0.3 is 0 Å². The molecule has 0 aliphatic carbocycles. The SMILES string of the molecule is CCN(C#N)c1ccc(OC)c2ccccc12. The molecule has 0 atom stereocenters. The van der Waals surface area contributed by atoms with E-state index in [1.54, 1.807) is 12.0 Å². The largest absolute Gasteiger partial charge is 0.496 e. The van der Waals surface area contributed by atoms with Crippen molar-refractivity contribution in [3.63, 3.8) is 0 Å². The quantitative estimate of drug-likeness (QED) is 0.595. The van der Waals surface area contributed by atoms with Crippen LogP contribution in [0.1, 0.15) is 6.92 Å². The van der Waals surface area contributed by atoms with Crippen molar-refractivity contribution < 1.29 is 4.74 Å². The Hall–Kier alpha value is -2.21. The molecule has 0 radical (unpaired) electrons. The lowest BCUT2D eigenvalue weighted by atomic mass is 10.1. The zero-order valence-electron chi connectivity index (χ0n) is 9.97. The Morgan fingerprint density at radius 2 is 1.88 bits per heavy atom. The zero-order valence-corrected chi connectivity index (χ0v) is 9.97. The van der Waals surface area contributed by atoms with Crippen molar-refractivity contribution in [1.29, 1.82) is 5.26 Å². The average molecular weight is 226 g/mol. The molecule has 0 spiro atoms. The number of ether oxygens (including phenoxy) is 1.